The predicted molar refractivity (Wildman–Crippen MR) is 81.1 cm³/mol. The van der Waals surface area contributed by atoms with Gasteiger partial charge in [-0.3, -0.25) is 0 Å². The molecule has 2 aromatic rings. The van der Waals surface area contributed by atoms with Gasteiger partial charge in [0.1, 0.15) is 6.07 Å². The number of piperidine rings is 1. The maximum Gasteiger partial charge on any atom is 0.101 e. The first-order chi connectivity index (χ1) is 9.78. The van der Waals surface area contributed by atoms with E-state index in [0.717, 1.165) is 35.9 Å². The molecule has 0 bridgehead atoms. The first-order valence-corrected chi connectivity index (χ1v) is 7.20. The Bertz CT molecular complexity index is 614. The van der Waals surface area contributed by atoms with Gasteiger partial charge in [0.25, 0.3) is 0 Å². The molecule has 1 saturated heterocycles. The van der Waals surface area contributed by atoms with Gasteiger partial charge in [-0.15, -0.1) is 0 Å². The van der Waals surface area contributed by atoms with E-state index >= 15 is 0 Å². The van der Waals surface area contributed by atoms with E-state index in [0.29, 0.717) is 0 Å². The van der Waals surface area contributed by atoms with Gasteiger partial charge < -0.3 is 9.47 Å². The van der Waals surface area contributed by atoms with Crippen LogP contribution >= 0.6 is 0 Å². The lowest BCUT2D eigenvalue weighted by atomic mass is 9.98. The zero-order valence-corrected chi connectivity index (χ0v) is 11.8. The fraction of sp³-hybridized carbons (Fsp3) is 0.353. The van der Waals surface area contributed by atoms with E-state index in [2.05, 4.69) is 30.0 Å². The fourth-order valence-corrected chi connectivity index (χ4v) is 2.81. The Labute approximate surface area is 120 Å². The summed E-state index contributed by atoms with van der Waals surface area (Å²) in [5.74, 6) is 0.802. The molecule has 0 aliphatic carbocycles. The average Bonchev–Trinajstić information content (AvgIpc) is 3.02. The second-order valence-electron chi connectivity index (χ2n) is 5.57. The van der Waals surface area contributed by atoms with Crippen molar-refractivity contribution in [2.24, 2.45) is 5.92 Å². The summed E-state index contributed by atoms with van der Waals surface area (Å²) in [4.78, 5) is 2.35. The molecule has 102 valence electrons. The minimum atomic E-state index is 0.769. The number of nitriles is 1. The third-order valence-electron chi connectivity index (χ3n) is 4.13. The molecule has 1 aliphatic rings. The molecule has 0 spiro atoms. The van der Waals surface area contributed by atoms with Crippen molar-refractivity contribution >= 4 is 5.69 Å². The highest BCUT2D eigenvalue weighted by atomic mass is 15.1. The summed E-state index contributed by atoms with van der Waals surface area (Å²) in [6.07, 6.45) is 6.42. The molecule has 1 fully saturated rings. The number of nitrogens with zero attached hydrogens (tertiary/aromatic N) is 3. The standard InChI is InChI=1S/C17H19N3/c1-14-6-10-20(11-7-14)17-5-4-16(12-15(17)13-18)19-8-2-3-9-19/h2-5,8-9,12,14H,6-7,10-11H2,1H3. The minimum absolute atomic E-state index is 0.769. The number of aromatic nitrogens is 1. The topological polar surface area (TPSA) is 32.0 Å². The van der Waals surface area contributed by atoms with Gasteiger partial charge in [0, 0.05) is 31.2 Å². The van der Waals surface area contributed by atoms with E-state index in [1.165, 1.54) is 12.8 Å². The van der Waals surface area contributed by atoms with Crippen LogP contribution in [0.4, 0.5) is 5.69 Å². The van der Waals surface area contributed by atoms with E-state index < -0.39 is 0 Å². The summed E-state index contributed by atoms with van der Waals surface area (Å²) in [5.41, 5.74) is 2.89. The Morgan fingerprint density at radius 3 is 2.50 bits per heavy atom. The normalized spacial score (nSPS) is 16.1. The van der Waals surface area contributed by atoms with Gasteiger partial charge in [-0.05, 0) is 49.1 Å². The van der Waals surface area contributed by atoms with Crippen LogP contribution in [0.1, 0.15) is 25.3 Å². The maximum absolute atomic E-state index is 9.44. The second-order valence-corrected chi connectivity index (χ2v) is 5.57. The third-order valence-corrected chi connectivity index (χ3v) is 4.13. The summed E-state index contributed by atoms with van der Waals surface area (Å²) in [5, 5.41) is 9.44. The van der Waals surface area contributed by atoms with E-state index in [1.54, 1.807) is 0 Å². The van der Waals surface area contributed by atoms with Gasteiger partial charge in [-0.2, -0.15) is 5.26 Å². The highest BCUT2D eigenvalue weighted by Crippen LogP contribution is 2.27. The average molecular weight is 265 g/mol. The van der Waals surface area contributed by atoms with Gasteiger partial charge >= 0.3 is 0 Å². The molecule has 1 aliphatic heterocycles. The van der Waals surface area contributed by atoms with Crippen LogP contribution in [-0.4, -0.2) is 17.7 Å². The number of anilines is 1. The molecule has 1 aromatic heterocycles. The van der Waals surface area contributed by atoms with E-state index in [4.69, 9.17) is 0 Å². The predicted octanol–water partition coefficient (Wildman–Crippen LogP) is 3.59. The van der Waals surface area contributed by atoms with Crippen molar-refractivity contribution in [3.63, 3.8) is 0 Å². The summed E-state index contributed by atoms with van der Waals surface area (Å²) < 4.78 is 2.03. The lowest BCUT2D eigenvalue weighted by molar-refractivity contribution is 0.438. The van der Waals surface area contributed by atoms with E-state index in [-0.39, 0.29) is 0 Å². The molecule has 3 rings (SSSR count). The molecule has 0 saturated carbocycles. The summed E-state index contributed by atoms with van der Waals surface area (Å²) in [6.45, 7) is 4.41. The summed E-state index contributed by atoms with van der Waals surface area (Å²) in [6, 6.07) is 12.5. The van der Waals surface area contributed by atoms with Crippen molar-refractivity contribution in [3.8, 4) is 11.8 Å². The summed E-state index contributed by atoms with van der Waals surface area (Å²) in [7, 11) is 0. The van der Waals surface area contributed by atoms with Crippen LogP contribution in [0.15, 0.2) is 42.7 Å². The molecule has 2 heterocycles. The molecule has 1 aromatic carbocycles. The number of benzene rings is 1. The van der Waals surface area contributed by atoms with Crippen LogP contribution in [-0.2, 0) is 0 Å². The van der Waals surface area contributed by atoms with Crippen LogP contribution in [0.5, 0.6) is 0 Å². The van der Waals surface area contributed by atoms with Gasteiger partial charge in [0.2, 0.25) is 0 Å². The Kier molecular flexibility index (Phi) is 3.47. The zero-order valence-electron chi connectivity index (χ0n) is 11.8. The Morgan fingerprint density at radius 2 is 1.85 bits per heavy atom. The first-order valence-electron chi connectivity index (χ1n) is 7.20. The highest BCUT2D eigenvalue weighted by molar-refractivity contribution is 5.63. The van der Waals surface area contributed by atoms with Gasteiger partial charge in [-0.1, -0.05) is 6.92 Å². The second kappa shape index (κ2) is 5.42. The van der Waals surface area contributed by atoms with E-state index in [9.17, 15) is 5.26 Å². The van der Waals surface area contributed by atoms with Crippen LogP contribution in [0.2, 0.25) is 0 Å². The lowest BCUT2D eigenvalue weighted by Gasteiger charge is -2.32. The SMILES string of the molecule is CC1CCN(c2ccc(-n3cccc3)cc2C#N)CC1. The quantitative estimate of drug-likeness (QED) is 0.831. The smallest absolute Gasteiger partial charge is 0.101 e. The molecule has 0 radical (unpaired) electrons. The van der Waals surface area contributed by atoms with Crippen molar-refractivity contribution in [2.45, 2.75) is 19.8 Å². The largest absolute Gasteiger partial charge is 0.370 e. The molecule has 3 nitrogen and oxygen atoms in total. The van der Waals surface area contributed by atoms with E-state index in [1.807, 2.05) is 35.2 Å². The fourth-order valence-electron chi connectivity index (χ4n) is 2.81. The highest BCUT2D eigenvalue weighted by Gasteiger charge is 2.18. The molecular formula is C17H19N3. The van der Waals surface area contributed by atoms with Crippen molar-refractivity contribution in [1.82, 2.24) is 4.57 Å². The van der Waals surface area contributed by atoms with Crippen molar-refractivity contribution in [1.29, 1.82) is 5.26 Å². The van der Waals surface area contributed by atoms with Crippen molar-refractivity contribution < 1.29 is 0 Å². The maximum atomic E-state index is 9.44. The van der Waals surface area contributed by atoms with Crippen LogP contribution < -0.4 is 4.90 Å². The van der Waals surface area contributed by atoms with Crippen LogP contribution in [0, 0.1) is 17.2 Å². The van der Waals surface area contributed by atoms with Gasteiger partial charge in [-0.25, -0.2) is 0 Å². The monoisotopic (exact) mass is 265 g/mol. The lowest BCUT2D eigenvalue weighted by Crippen LogP contribution is -2.33. The van der Waals surface area contributed by atoms with Gasteiger partial charge in [0.15, 0.2) is 0 Å². The first kappa shape index (κ1) is 12.8. The minimum Gasteiger partial charge on any atom is -0.370 e. The molecule has 0 atom stereocenters. The Morgan fingerprint density at radius 1 is 1.15 bits per heavy atom. The van der Waals surface area contributed by atoms with Crippen molar-refractivity contribution in [3.05, 3.63) is 48.3 Å². The van der Waals surface area contributed by atoms with Crippen molar-refractivity contribution in [2.75, 3.05) is 18.0 Å². The molecule has 0 amide bonds. The summed E-state index contributed by atoms with van der Waals surface area (Å²) >= 11 is 0. The molecular weight excluding hydrogens is 246 g/mol. The molecule has 0 unspecified atom stereocenters. The molecule has 0 N–H and O–H groups in total. The third kappa shape index (κ3) is 2.42. The molecule has 3 heteroatoms. The zero-order chi connectivity index (χ0) is 13.9. The van der Waals surface area contributed by atoms with Crippen LogP contribution in [0.25, 0.3) is 5.69 Å². The Hall–Kier alpha value is -2.21. The molecule has 20 heavy (non-hydrogen) atoms. The van der Waals surface area contributed by atoms with Crippen LogP contribution in [0.3, 0.4) is 0 Å². The number of hydrogen-bond donors (Lipinski definition) is 0. The number of hydrogen-bond acceptors (Lipinski definition) is 2. The number of rotatable bonds is 2. The van der Waals surface area contributed by atoms with Gasteiger partial charge in [0.05, 0.1) is 11.3 Å². The Balaban J connectivity index is 1.91.